The van der Waals surface area contributed by atoms with Gasteiger partial charge in [0.15, 0.2) is 0 Å². The Morgan fingerprint density at radius 3 is 2.72 bits per heavy atom. The average molecular weight is 254 g/mol. The molecule has 2 aliphatic rings. The molecule has 1 aliphatic heterocycles. The van der Waals surface area contributed by atoms with Crippen LogP contribution in [-0.4, -0.2) is 35.6 Å². The molecule has 102 valence electrons. The fourth-order valence-corrected chi connectivity index (χ4v) is 2.93. The Balaban J connectivity index is 1.84. The fraction of sp³-hybridized carbons (Fsp3) is 0.846. The van der Waals surface area contributed by atoms with Crippen LogP contribution in [0.5, 0.6) is 0 Å². The van der Waals surface area contributed by atoms with Crippen LogP contribution in [0.15, 0.2) is 0 Å². The predicted octanol–water partition coefficient (Wildman–Crippen LogP) is 0.178. The number of β-lactam (4-membered cyclic amide) rings is 1. The van der Waals surface area contributed by atoms with Gasteiger partial charge in [-0.25, -0.2) is 0 Å². The molecule has 0 bridgehead atoms. The first-order chi connectivity index (χ1) is 8.63. The Hall–Kier alpha value is -1.10. The van der Waals surface area contributed by atoms with E-state index < -0.39 is 0 Å². The standard InChI is InChI=1S/C13H22N2O3/c1-8(11-10(6-7-16)13(18)15-11)12(17)14-9-4-2-3-5-9/h8-11,16H,2-7H2,1H3,(H,14,17)(H,15,18)/t8-,10+,11-/m1/s1. The minimum atomic E-state index is -0.222. The van der Waals surface area contributed by atoms with E-state index in [-0.39, 0.29) is 36.3 Å². The summed E-state index contributed by atoms with van der Waals surface area (Å²) in [5.41, 5.74) is 0. The van der Waals surface area contributed by atoms with Gasteiger partial charge < -0.3 is 15.7 Å². The number of aliphatic hydroxyl groups is 1. The quantitative estimate of drug-likeness (QED) is 0.612. The predicted molar refractivity (Wildman–Crippen MR) is 66.7 cm³/mol. The molecule has 18 heavy (non-hydrogen) atoms. The van der Waals surface area contributed by atoms with Gasteiger partial charge in [0, 0.05) is 12.6 Å². The lowest BCUT2D eigenvalue weighted by Gasteiger charge is -2.40. The van der Waals surface area contributed by atoms with Gasteiger partial charge in [0.1, 0.15) is 0 Å². The van der Waals surface area contributed by atoms with Gasteiger partial charge in [0.2, 0.25) is 11.8 Å². The number of rotatable bonds is 5. The van der Waals surface area contributed by atoms with Crippen LogP contribution in [0, 0.1) is 11.8 Å². The zero-order valence-corrected chi connectivity index (χ0v) is 10.8. The van der Waals surface area contributed by atoms with Gasteiger partial charge in [-0.2, -0.15) is 0 Å². The van der Waals surface area contributed by atoms with E-state index in [0.717, 1.165) is 12.8 Å². The minimum Gasteiger partial charge on any atom is -0.396 e. The second-order valence-electron chi connectivity index (χ2n) is 5.43. The molecule has 1 heterocycles. The largest absolute Gasteiger partial charge is 0.396 e. The molecule has 0 aromatic carbocycles. The summed E-state index contributed by atoms with van der Waals surface area (Å²) in [4.78, 5) is 23.4. The van der Waals surface area contributed by atoms with Crippen LogP contribution in [0.25, 0.3) is 0 Å². The summed E-state index contributed by atoms with van der Waals surface area (Å²) >= 11 is 0. The van der Waals surface area contributed by atoms with Crippen molar-refractivity contribution in [3.63, 3.8) is 0 Å². The molecule has 1 saturated heterocycles. The third-order valence-corrected chi connectivity index (χ3v) is 4.17. The first kappa shape index (κ1) is 13.3. The summed E-state index contributed by atoms with van der Waals surface area (Å²) in [6, 6.07) is 0.193. The number of carbonyl (C=O) groups excluding carboxylic acids is 2. The van der Waals surface area contributed by atoms with Gasteiger partial charge in [-0.05, 0) is 19.3 Å². The lowest BCUT2D eigenvalue weighted by Crippen LogP contribution is -2.63. The molecule has 5 nitrogen and oxygen atoms in total. The van der Waals surface area contributed by atoms with Crippen molar-refractivity contribution in [3.8, 4) is 0 Å². The first-order valence-electron chi connectivity index (χ1n) is 6.85. The van der Waals surface area contributed by atoms with Crippen molar-refractivity contribution in [2.45, 2.75) is 51.1 Å². The second kappa shape index (κ2) is 5.69. The minimum absolute atomic E-state index is 0.00838. The van der Waals surface area contributed by atoms with Crippen molar-refractivity contribution in [2.75, 3.05) is 6.61 Å². The number of hydrogen-bond acceptors (Lipinski definition) is 3. The van der Waals surface area contributed by atoms with E-state index in [1.165, 1.54) is 12.8 Å². The lowest BCUT2D eigenvalue weighted by molar-refractivity contribution is -0.140. The Bertz CT molecular complexity index is 326. The number of amides is 2. The number of nitrogens with one attached hydrogen (secondary N) is 2. The second-order valence-corrected chi connectivity index (χ2v) is 5.43. The van der Waals surface area contributed by atoms with E-state index in [1.54, 1.807) is 0 Å². The van der Waals surface area contributed by atoms with Gasteiger partial charge in [-0.3, -0.25) is 9.59 Å². The highest BCUT2D eigenvalue weighted by Gasteiger charge is 2.44. The number of hydrogen-bond donors (Lipinski definition) is 3. The van der Waals surface area contributed by atoms with Gasteiger partial charge in [0.05, 0.1) is 17.9 Å². The Morgan fingerprint density at radius 2 is 2.17 bits per heavy atom. The molecule has 2 fully saturated rings. The van der Waals surface area contributed by atoms with Gasteiger partial charge in [-0.1, -0.05) is 19.8 Å². The molecule has 1 saturated carbocycles. The van der Waals surface area contributed by atoms with Crippen molar-refractivity contribution in [3.05, 3.63) is 0 Å². The highest BCUT2D eigenvalue weighted by atomic mass is 16.3. The SMILES string of the molecule is C[C@@H](C(=O)NC1CCCC1)[C@H]1NC(=O)[C@H]1CCO. The van der Waals surface area contributed by atoms with E-state index in [0.29, 0.717) is 12.5 Å². The average Bonchev–Trinajstić information content (AvgIpc) is 2.84. The summed E-state index contributed by atoms with van der Waals surface area (Å²) in [5, 5.41) is 14.7. The van der Waals surface area contributed by atoms with Gasteiger partial charge >= 0.3 is 0 Å². The summed E-state index contributed by atoms with van der Waals surface area (Å²) in [6.45, 7) is 1.84. The van der Waals surface area contributed by atoms with E-state index in [2.05, 4.69) is 10.6 Å². The molecule has 3 atom stereocenters. The highest BCUT2D eigenvalue weighted by Crippen LogP contribution is 2.26. The van der Waals surface area contributed by atoms with Crippen LogP contribution >= 0.6 is 0 Å². The van der Waals surface area contributed by atoms with Crippen molar-refractivity contribution in [1.29, 1.82) is 0 Å². The van der Waals surface area contributed by atoms with Crippen molar-refractivity contribution in [2.24, 2.45) is 11.8 Å². The third-order valence-electron chi connectivity index (χ3n) is 4.17. The zero-order chi connectivity index (χ0) is 13.1. The van der Waals surface area contributed by atoms with E-state index in [9.17, 15) is 9.59 Å². The van der Waals surface area contributed by atoms with Gasteiger partial charge in [-0.15, -0.1) is 0 Å². The molecular formula is C13H22N2O3. The van der Waals surface area contributed by atoms with E-state index in [4.69, 9.17) is 5.11 Å². The molecule has 1 aliphatic carbocycles. The Morgan fingerprint density at radius 1 is 1.50 bits per heavy atom. The van der Waals surface area contributed by atoms with Crippen LogP contribution in [0.2, 0.25) is 0 Å². The van der Waals surface area contributed by atoms with Crippen LogP contribution < -0.4 is 10.6 Å². The van der Waals surface area contributed by atoms with Crippen molar-refractivity contribution in [1.82, 2.24) is 10.6 Å². The molecule has 2 amide bonds. The number of aliphatic hydroxyl groups excluding tert-OH is 1. The highest BCUT2D eigenvalue weighted by molar-refractivity contribution is 5.89. The summed E-state index contributed by atoms with van der Waals surface area (Å²) in [7, 11) is 0. The topological polar surface area (TPSA) is 78.4 Å². The molecule has 0 aromatic rings. The Kier molecular flexibility index (Phi) is 4.22. The fourth-order valence-electron chi connectivity index (χ4n) is 2.93. The first-order valence-corrected chi connectivity index (χ1v) is 6.85. The maximum atomic E-state index is 12.1. The number of carbonyl (C=O) groups is 2. The molecule has 3 N–H and O–H groups in total. The molecule has 0 radical (unpaired) electrons. The monoisotopic (exact) mass is 254 g/mol. The lowest BCUT2D eigenvalue weighted by atomic mass is 9.79. The third kappa shape index (κ3) is 2.66. The molecule has 0 unspecified atom stereocenters. The zero-order valence-electron chi connectivity index (χ0n) is 10.8. The Labute approximate surface area is 107 Å². The smallest absolute Gasteiger partial charge is 0.225 e. The molecule has 5 heteroatoms. The molecule has 0 aromatic heterocycles. The molecular weight excluding hydrogens is 232 g/mol. The maximum absolute atomic E-state index is 12.1. The van der Waals surface area contributed by atoms with Crippen LogP contribution in [0.4, 0.5) is 0 Å². The summed E-state index contributed by atoms with van der Waals surface area (Å²) < 4.78 is 0. The molecule has 0 spiro atoms. The summed E-state index contributed by atoms with van der Waals surface area (Å²) in [6.07, 6.45) is 4.95. The van der Waals surface area contributed by atoms with E-state index in [1.807, 2.05) is 6.92 Å². The van der Waals surface area contributed by atoms with Gasteiger partial charge in [0.25, 0.3) is 0 Å². The molecule has 2 rings (SSSR count). The van der Waals surface area contributed by atoms with E-state index >= 15 is 0 Å². The van der Waals surface area contributed by atoms with Crippen molar-refractivity contribution >= 4 is 11.8 Å². The maximum Gasteiger partial charge on any atom is 0.225 e. The summed E-state index contributed by atoms with van der Waals surface area (Å²) in [5.74, 6) is -0.455. The van der Waals surface area contributed by atoms with Crippen LogP contribution in [0.3, 0.4) is 0 Å². The normalized spacial score (nSPS) is 29.6. The van der Waals surface area contributed by atoms with Crippen LogP contribution in [-0.2, 0) is 9.59 Å². The van der Waals surface area contributed by atoms with Crippen LogP contribution in [0.1, 0.15) is 39.0 Å². The van der Waals surface area contributed by atoms with Crippen molar-refractivity contribution < 1.29 is 14.7 Å².